The Labute approximate surface area is 125 Å². The van der Waals surface area contributed by atoms with Crippen LogP contribution in [0.25, 0.3) is 6.08 Å². The number of aromatic nitrogens is 2. The van der Waals surface area contributed by atoms with Gasteiger partial charge in [-0.1, -0.05) is 12.2 Å². The van der Waals surface area contributed by atoms with Crippen LogP contribution in [-0.2, 0) is 9.26 Å². The van der Waals surface area contributed by atoms with Crippen LogP contribution in [0.2, 0.25) is 0 Å². The standard InChI is InChI=1S/C12H19N4O4P/c13-3-1-2-7-5-16(12(18)15-11(7)14)10-4-8(17)9(20-10)6-19-21/h1-2,5,8-10,17H,3-4,6,13,21H2,(H2,14,15,18)/b2-1+/i21T. The molecule has 0 aromatic carbocycles. The molecule has 2 heterocycles. The van der Waals surface area contributed by atoms with Gasteiger partial charge >= 0.3 is 5.69 Å². The number of aliphatic hydroxyl groups excluding tert-OH is 1. The van der Waals surface area contributed by atoms with E-state index in [2.05, 4.69) is 4.98 Å². The number of rotatable bonds is 6. The van der Waals surface area contributed by atoms with E-state index < -0.39 is 33.5 Å². The van der Waals surface area contributed by atoms with Gasteiger partial charge in [0, 0.05) is 34.1 Å². The summed E-state index contributed by atoms with van der Waals surface area (Å²) in [5, 5.41) is 9.95. The average molecular weight is 316 g/mol. The minimum absolute atomic E-state index is 0.108. The van der Waals surface area contributed by atoms with E-state index in [-0.39, 0.29) is 18.8 Å². The highest BCUT2D eigenvalue weighted by molar-refractivity contribution is 7.09. The molecule has 0 aliphatic carbocycles. The summed E-state index contributed by atoms with van der Waals surface area (Å²) in [5.41, 5.74) is 11.1. The maximum Gasteiger partial charge on any atom is 0.351 e. The molecular weight excluding hydrogens is 295 g/mol. The number of aliphatic hydroxyl groups is 1. The van der Waals surface area contributed by atoms with Crippen molar-refractivity contribution in [2.45, 2.75) is 24.9 Å². The third-order valence-corrected chi connectivity index (χ3v) is 3.37. The lowest BCUT2D eigenvalue weighted by Gasteiger charge is -2.16. The highest BCUT2D eigenvalue weighted by atomic mass is 31.0. The highest BCUT2D eigenvalue weighted by Crippen LogP contribution is 2.28. The first-order chi connectivity index (χ1) is 10.6. The molecule has 1 saturated heterocycles. The van der Waals surface area contributed by atoms with Gasteiger partial charge in [-0.25, -0.2) is 4.79 Å². The van der Waals surface area contributed by atoms with Crippen molar-refractivity contribution in [2.75, 3.05) is 18.9 Å². The van der Waals surface area contributed by atoms with Crippen LogP contribution in [0.1, 0.15) is 18.2 Å². The van der Waals surface area contributed by atoms with Crippen LogP contribution in [0.15, 0.2) is 17.1 Å². The lowest BCUT2D eigenvalue weighted by atomic mass is 10.2. The molecule has 4 atom stereocenters. The van der Waals surface area contributed by atoms with E-state index in [0.717, 1.165) is 0 Å². The van der Waals surface area contributed by atoms with Crippen molar-refractivity contribution < 1.29 is 14.4 Å². The van der Waals surface area contributed by atoms with Crippen LogP contribution in [-0.4, -0.2) is 41.3 Å². The number of nitrogens with two attached hydrogens (primary N) is 2. The van der Waals surface area contributed by atoms with Gasteiger partial charge in [0.15, 0.2) is 0 Å². The molecule has 2 rings (SSSR count). The SMILES string of the molecule is [3H]POCC1OC(n2cc(/C=C/CN)c(N)nc2=O)CC1O. The Morgan fingerprint density at radius 2 is 2.57 bits per heavy atom. The fourth-order valence-corrected chi connectivity index (χ4v) is 2.31. The minimum Gasteiger partial charge on any atom is -0.390 e. The molecule has 9 heteroatoms. The predicted octanol–water partition coefficient (Wildman–Crippen LogP) is -0.747. The molecule has 0 bridgehead atoms. The minimum atomic E-state index is -0.770. The molecule has 1 aliphatic heterocycles. The lowest BCUT2D eigenvalue weighted by molar-refractivity contribution is -0.0382. The summed E-state index contributed by atoms with van der Waals surface area (Å²) in [4.78, 5) is 15.7. The van der Waals surface area contributed by atoms with Gasteiger partial charge in [0.1, 0.15) is 18.1 Å². The van der Waals surface area contributed by atoms with Crippen LogP contribution in [0.4, 0.5) is 5.82 Å². The Balaban J connectivity index is 2.22. The van der Waals surface area contributed by atoms with Gasteiger partial charge < -0.3 is 25.8 Å². The molecule has 0 amide bonds. The molecule has 1 fully saturated rings. The van der Waals surface area contributed by atoms with E-state index in [1.807, 2.05) is 0 Å². The zero-order valence-electron chi connectivity index (χ0n) is 12.3. The maximum atomic E-state index is 12.0. The highest BCUT2D eigenvalue weighted by Gasteiger charge is 2.35. The van der Waals surface area contributed by atoms with Gasteiger partial charge in [0.25, 0.3) is 0 Å². The fraction of sp³-hybridized carbons (Fsp3) is 0.500. The smallest absolute Gasteiger partial charge is 0.351 e. The molecule has 21 heavy (non-hydrogen) atoms. The van der Waals surface area contributed by atoms with Crippen molar-refractivity contribution in [3.05, 3.63) is 28.3 Å². The second-order valence-electron chi connectivity index (χ2n) is 4.65. The number of hydrogen-bond donors (Lipinski definition) is 3. The second kappa shape index (κ2) is 7.11. The predicted molar refractivity (Wildman–Crippen MR) is 81.2 cm³/mol. The van der Waals surface area contributed by atoms with Crippen molar-refractivity contribution in [2.24, 2.45) is 5.73 Å². The van der Waals surface area contributed by atoms with Crippen molar-refractivity contribution in [1.82, 2.24) is 9.55 Å². The summed E-state index contributed by atoms with van der Waals surface area (Å²) < 4.78 is 18.8. The average Bonchev–Trinajstić information content (AvgIpc) is 2.85. The second-order valence-corrected chi connectivity index (χ2v) is 4.94. The Kier molecular flexibility index (Phi) is 4.95. The van der Waals surface area contributed by atoms with Crippen molar-refractivity contribution in [3.8, 4) is 0 Å². The molecule has 0 saturated carbocycles. The number of hydrogen-bond acceptors (Lipinski definition) is 7. The molecular formula is C12H19N4O4P. The molecule has 116 valence electrons. The number of nitrogens with zero attached hydrogens (tertiary/aromatic N) is 2. The summed E-state index contributed by atoms with van der Waals surface area (Å²) >= 11 is 0. The molecule has 4 unspecified atom stereocenters. The normalized spacial score (nSPS) is 27.0. The molecule has 0 radical (unpaired) electrons. The van der Waals surface area contributed by atoms with Crippen LogP contribution in [0.5, 0.6) is 0 Å². The van der Waals surface area contributed by atoms with E-state index in [1.165, 1.54) is 10.8 Å². The molecule has 0 spiro atoms. The van der Waals surface area contributed by atoms with Crippen LogP contribution < -0.4 is 17.2 Å². The van der Waals surface area contributed by atoms with Gasteiger partial charge in [-0.05, 0) is 0 Å². The largest absolute Gasteiger partial charge is 0.390 e. The van der Waals surface area contributed by atoms with E-state index in [0.29, 0.717) is 12.1 Å². The number of nitrogen functional groups attached to an aromatic ring is 1. The topological polar surface area (TPSA) is 126 Å². The summed E-state index contributed by atoms with van der Waals surface area (Å²) in [6.07, 6.45) is 3.14. The summed E-state index contributed by atoms with van der Waals surface area (Å²) in [6, 6.07) is 0. The van der Waals surface area contributed by atoms with Crippen molar-refractivity contribution >= 4 is 21.3 Å². The van der Waals surface area contributed by atoms with Gasteiger partial charge in [0.05, 0.1) is 14.0 Å². The van der Waals surface area contributed by atoms with Gasteiger partial charge in [-0.15, -0.1) is 0 Å². The first kappa shape index (κ1) is 14.6. The fourth-order valence-electron chi connectivity index (χ4n) is 2.14. The van der Waals surface area contributed by atoms with Crippen LogP contribution in [0, 0.1) is 0 Å². The van der Waals surface area contributed by atoms with Crippen LogP contribution >= 0.6 is 9.41 Å². The monoisotopic (exact) mass is 316 g/mol. The number of anilines is 1. The Hall–Kier alpha value is -1.31. The summed E-state index contributed by atoms with van der Waals surface area (Å²) in [5.74, 6) is 0.111. The summed E-state index contributed by atoms with van der Waals surface area (Å²) in [7, 11) is -0.433. The summed E-state index contributed by atoms with van der Waals surface area (Å²) in [6.45, 7) is 0.446. The van der Waals surface area contributed by atoms with Crippen molar-refractivity contribution in [1.29, 1.82) is 1.28 Å². The van der Waals surface area contributed by atoms with Gasteiger partial charge in [-0.2, -0.15) is 4.98 Å². The van der Waals surface area contributed by atoms with E-state index >= 15 is 0 Å². The first-order valence-corrected chi connectivity index (χ1v) is 6.85. The number of ether oxygens (including phenoxy) is 1. The molecule has 1 aromatic rings. The van der Waals surface area contributed by atoms with E-state index in [4.69, 9.17) is 22.0 Å². The maximum absolute atomic E-state index is 12.0. The zero-order valence-corrected chi connectivity index (χ0v) is 12.3. The van der Waals surface area contributed by atoms with E-state index in [1.54, 1.807) is 12.2 Å². The Bertz CT molecular complexity index is 597. The third kappa shape index (κ3) is 3.66. The third-order valence-electron chi connectivity index (χ3n) is 3.21. The van der Waals surface area contributed by atoms with E-state index in [9.17, 15) is 9.90 Å². The van der Waals surface area contributed by atoms with Gasteiger partial charge in [0.2, 0.25) is 0 Å². The zero-order chi connectivity index (χ0) is 16.1. The van der Waals surface area contributed by atoms with Gasteiger partial charge in [-0.3, -0.25) is 4.57 Å². The molecule has 8 nitrogen and oxygen atoms in total. The Morgan fingerprint density at radius 3 is 3.29 bits per heavy atom. The quantitative estimate of drug-likeness (QED) is 0.590. The first-order valence-electron chi connectivity index (χ1n) is 6.94. The molecule has 1 aromatic heterocycles. The van der Waals surface area contributed by atoms with Crippen LogP contribution in [0.3, 0.4) is 0 Å². The van der Waals surface area contributed by atoms with Crippen molar-refractivity contribution in [3.63, 3.8) is 0 Å². The lowest BCUT2D eigenvalue weighted by Crippen LogP contribution is -2.28. The Morgan fingerprint density at radius 1 is 1.76 bits per heavy atom. The molecule has 5 N–H and O–H groups in total. The molecule has 1 aliphatic rings.